The lowest BCUT2D eigenvalue weighted by Crippen LogP contribution is -2.70. The van der Waals surface area contributed by atoms with Crippen LogP contribution < -0.4 is 5.32 Å². The Bertz CT molecular complexity index is 1340. The SMILES string of the molecule is CC(COC(=O)CO)OC(=O)CO.O=C(Cc1ccc(O)cc1)NC1C(=O)N2C(C(=O)O)=C(CSc3cn[nH]n3)CS[C@@H]12. The van der Waals surface area contributed by atoms with E-state index in [1.54, 1.807) is 18.3 Å². The maximum atomic E-state index is 12.7. The maximum Gasteiger partial charge on any atom is 0.352 e. The lowest BCUT2D eigenvalue weighted by Gasteiger charge is -2.49. The normalized spacial score (nSPS) is 17.9. The number of hydrogen-bond acceptors (Lipinski definition) is 14. The molecule has 2 amide bonds. The fourth-order valence-corrected chi connectivity index (χ4v) is 6.06. The van der Waals surface area contributed by atoms with E-state index < -0.39 is 54.5 Å². The van der Waals surface area contributed by atoms with Crippen molar-refractivity contribution < 1.29 is 53.9 Å². The van der Waals surface area contributed by atoms with Crippen LogP contribution in [0.2, 0.25) is 0 Å². The van der Waals surface area contributed by atoms with Crippen LogP contribution in [-0.4, -0.2) is 119 Å². The Kier molecular flexibility index (Phi) is 12.4. The molecule has 0 saturated carbocycles. The topological polar surface area (TPSA) is 242 Å². The van der Waals surface area contributed by atoms with E-state index in [0.717, 1.165) is 0 Å². The number of nitrogens with zero attached hydrogens (tertiary/aromatic N) is 3. The molecule has 232 valence electrons. The second-order valence-electron chi connectivity index (χ2n) is 8.95. The number of aliphatic carboxylic acids is 1. The number of carboxylic acid groups (broad SMARTS) is 1. The molecule has 0 radical (unpaired) electrons. The van der Waals surface area contributed by atoms with Crippen LogP contribution in [0, 0.1) is 0 Å². The number of amides is 2. The van der Waals surface area contributed by atoms with Crippen LogP contribution in [0.4, 0.5) is 0 Å². The average Bonchev–Trinajstić information content (AvgIpc) is 3.52. The number of aliphatic hydroxyl groups is 2. The number of H-pyrrole nitrogens is 1. The van der Waals surface area contributed by atoms with E-state index >= 15 is 0 Å². The van der Waals surface area contributed by atoms with Crippen molar-refractivity contribution >= 4 is 53.2 Å². The van der Waals surface area contributed by atoms with E-state index in [4.69, 9.17) is 10.2 Å². The van der Waals surface area contributed by atoms with Crippen LogP contribution in [-0.2, 0) is 39.9 Å². The number of aromatic amines is 1. The standard InChI is InChI=1S/C18H17N5O5S2.C7H12O6/c24-11-3-1-9(2-4-11)5-12(25)20-14-16(26)23-15(18(27)28)10(8-30-17(14)23)7-29-13-6-19-22-21-13;1-5(13-7(11)3-9)4-12-6(10)2-8/h1-4,6,14,17,24H,5,7-8H2,(H,20,25)(H,27,28)(H,19,21,22);5,8-9H,2-4H2,1H3/t14?,17-;/m0./s1. The molecule has 16 nitrogen and oxygen atoms in total. The molecule has 1 fully saturated rings. The van der Waals surface area contributed by atoms with Crippen LogP contribution in [0.1, 0.15) is 12.5 Å². The summed E-state index contributed by atoms with van der Waals surface area (Å²) < 4.78 is 9.00. The number of thioether (sulfide) groups is 2. The second kappa shape index (κ2) is 15.9. The smallest absolute Gasteiger partial charge is 0.352 e. The molecular formula is C25H29N5O11S2. The molecule has 18 heteroatoms. The third-order valence-corrected chi connectivity index (χ3v) is 8.05. The Morgan fingerprint density at radius 1 is 1.19 bits per heavy atom. The van der Waals surface area contributed by atoms with Gasteiger partial charge in [0.2, 0.25) is 5.91 Å². The number of hydrogen-bond donors (Lipinski definition) is 6. The molecular weight excluding hydrogens is 610 g/mol. The summed E-state index contributed by atoms with van der Waals surface area (Å²) in [5, 5.41) is 48.5. The number of phenolic OH excluding ortho intramolecular Hbond substituents is 1. The number of nitrogens with one attached hydrogen (secondary N) is 2. The number of aromatic nitrogens is 3. The summed E-state index contributed by atoms with van der Waals surface area (Å²) in [5.41, 5.74) is 1.30. The molecule has 1 aromatic carbocycles. The molecule has 3 atom stereocenters. The summed E-state index contributed by atoms with van der Waals surface area (Å²) in [6.45, 7) is -0.0533. The lowest BCUT2D eigenvalue weighted by molar-refractivity contribution is -0.161. The van der Waals surface area contributed by atoms with Crippen LogP contribution in [0.25, 0.3) is 0 Å². The number of fused-ring (bicyclic) bond motifs is 1. The van der Waals surface area contributed by atoms with Gasteiger partial charge in [0.25, 0.3) is 5.91 Å². The minimum Gasteiger partial charge on any atom is -0.508 e. The highest BCUT2D eigenvalue weighted by molar-refractivity contribution is 8.01. The average molecular weight is 640 g/mol. The van der Waals surface area contributed by atoms with Crippen molar-refractivity contribution in [1.29, 1.82) is 0 Å². The minimum absolute atomic E-state index is 0.0243. The second-order valence-corrected chi connectivity index (χ2v) is 11.1. The first kappa shape index (κ1) is 33.4. The van der Waals surface area contributed by atoms with Gasteiger partial charge in [0.15, 0.2) is 0 Å². The molecule has 6 N–H and O–H groups in total. The van der Waals surface area contributed by atoms with E-state index in [-0.39, 0.29) is 30.4 Å². The van der Waals surface area contributed by atoms with Gasteiger partial charge in [-0.3, -0.25) is 14.5 Å². The highest BCUT2D eigenvalue weighted by Crippen LogP contribution is 2.41. The van der Waals surface area contributed by atoms with Gasteiger partial charge < -0.3 is 35.2 Å². The predicted molar refractivity (Wildman–Crippen MR) is 149 cm³/mol. The number of esters is 2. The van der Waals surface area contributed by atoms with Gasteiger partial charge >= 0.3 is 17.9 Å². The quantitative estimate of drug-likeness (QED) is 0.0930. The van der Waals surface area contributed by atoms with Gasteiger partial charge in [-0.15, -0.1) is 16.9 Å². The zero-order valence-electron chi connectivity index (χ0n) is 22.7. The van der Waals surface area contributed by atoms with E-state index in [1.165, 1.54) is 47.5 Å². The highest BCUT2D eigenvalue weighted by Gasteiger charge is 2.54. The van der Waals surface area contributed by atoms with Crippen LogP contribution in [0.15, 0.2) is 46.8 Å². The molecule has 0 aliphatic carbocycles. The van der Waals surface area contributed by atoms with Crippen LogP contribution in [0.5, 0.6) is 5.75 Å². The number of carbonyl (C=O) groups is 5. The number of β-lactam (4-membered cyclic amide) rings is 1. The Balaban J connectivity index is 0.000000331. The Morgan fingerprint density at radius 2 is 1.88 bits per heavy atom. The van der Waals surface area contributed by atoms with E-state index in [9.17, 15) is 34.2 Å². The van der Waals surface area contributed by atoms with Gasteiger partial charge in [-0.2, -0.15) is 10.3 Å². The van der Waals surface area contributed by atoms with Crippen molar-refractivity contribution in [2.45, 2.75) is 35.9 Å². The van der Waals surface area contributed by atoms with E-state index in [0.29, 0.717) is 27.7 Å². The number of aliphatic hydroxyl groups excluding tert-OH is 2. The lowest BCUT2D eigenvalue weighted by atomic mass is 10.0. The van der Waals surface area contributed by atoms with Crippen molar-refractivity contribution in [3.63, 3.8) is 0 Å². The first-order valence-corrected chi connectivity index (χ1v) is 14.6. The van der Waals surface area contributed by atoms with Gasteiger partial charge in [0.1, 0.15) is 53.8 Å². The molecule has 3 heterocycles. The first-order chi connectivity index (χ1) is 20.5. The number of aromatic hydroxyl groups is 1. The number of benzene rings is 1. The van der Waals surface area contributed by atoms with Crippen molar-refractivity contribution in [3.8, 4) is 5.75 Å². The summed E-state index contributed by atoms with van der Waals surface area (Å²) in [7, 11) is 0. The van der Waals surface area contributed by atoms with Crippen molar-refractivity contribution in [3.05, 3.63) is 47.3 Å². The van der Waals surface area contributed by atoms with Crippen molar-refractivity contribution in [1.82, 2.24) is 25.6 Å². The maximum absolute atomic E-state index is 12.7. The van der Waals surface area contributed by atoms with Gasteiger partial charge in [-0.05, 0) is 30.2 Å². The van der Waals surface area contributed by atoms with Crippen LogP contribution >= 0.6 is 23.5 Å². The molecule has 0 spiro atoms. The Labute approximate surface area is 252 Å². The zero-order valence-corrected chi connectivity index (χ0v) is 24.3. The predicted octanol–water partition coefficient (Wildman–Crippen LogP) is -0.970. The van der Waals surface area contributed by atoms with Gasteiger partial charge in [0.05, 0.1) is 12.6 Å². The zero-order chi connectivity index (χ0) is 31.5. The number of rotatable bonds is 12. The summed E-state index contributed by atoms with van der Waals surface area (Å²) >= 11 is 2.75. The van der Waals surface area contributed by atoms with E-state index in [1.807, 2.05) is 0 Å². The Hall–Kier alpha value is -4.13. The van der Waals surface area contributed by atoms with Gasteiger partial charge in [0, 0.05) is 11.5 Å². The molecule has 1 saturated heterocycles. The Morgan fingerprint density at radius 3 is 2.49 bits per heavy atom. The molecule has 43 heavy (non-hydrogen) atoms. The minimum atomic E-state index is -1.17. The molecule has 0 bridgehead atoms. The number of ether oxygens (including phenoxy) is 2. The molecule has 2 aliphatic heterocycles. The molecule has 2 aliphatic rings. The van der Waals surface area contributed by atoms with Gasteiger partial charge in [-0.25, -0.2) is 14.4 Å². The highest BCUT2D eigenvalue weighted by atomic mass is 32.2. The third kappa shape index (κ3) is 9.43. The first-order valence-electron chi connectivity index (χ1n) is 12.6. The summed E-state index contributed by atoms with van der Waals surface area (Å²) in [6, 6.07) is 5.46. The summed E-state index contributed by atoms with van der Waals surface area (Å²) in [4.78, 5) is 59.0. The van der Waals surface area contributed by atoms with Crippen molar-refractivity contribution in [2.75, 3.05) is 31.3 Å². The molecule has 2 aromatic rings. The number of carbonyl (C=O) groups excluding carboxylic acids is 4. The molecule has 4 rings (SSSR count). The number of phenols is 1. The third-order valence-electron chi connectivity index (χ3n) is 5.72. The fraction of sp³-hybridized carbons (Fsp3) is 0.400. The van der Waals surface area contributed by atoms with Crippen molar-refractivity contribution in [2.24, 2.45) is 0 Å². The summed E-state index contributed by atoms with van der Waals surface area (Å²) in [5.74, 6) is -2.60. The number of carboxylic acids is 1. The molecule has 2 unspecified atom stereocenters. The van der Waals surface area contributed by atoms with Crippen LogP contribution in [0.3, 0.4) is 0 Å². The fourth-order valence-electron chi connectivity index (χ4n) is 3.79. The largest absolute Gasteiger partial charge is 0.508 e. The summed E-state index contributed by atoms with van der Waals surface area (Å²) in [6.07, 6.45) is 0.969. The monoisotopic (exact) mass is 639 g/mol. The molecule has 1 aromatic heterocycles. The van der Waals surface area contributed by atoms with E-state index in [2.05, 4.69) is 30.2 Å². The van der Waals surface area contributed by atoms with Gasteiger partial charge in [-0.1, -0.05) is 23.9 Å².